The molecule has 8 rings (SSSR count). The Morgan fingerprint density at radius 2 is 0.971 bits per heavy atom. The largest absolute Gasteiger partial charge is 0.182 e. The van der Waals surface area contributed by atoms with Crippen LogP contribution in [0.5, 0.6) is 0 Å². The monoisotopic (exact) mass is 446 g/mol. The van der Waals surface area contributed by atoms with Crippen molar-refractivity contribution in [3.05, 3.63) is 121 Å². The van der Waals surface area contributed by atoms with Gasteiger partial charge in [0.1, 0.15) is 0 Å². The molecule has 1 atom stereocenters. The third kappa shape index (κ3) is 2.01. The molecule has 6 aromatic rings. The number of benzene rings is 6. The number of rotatable bonds is 0. The molecule has 0 aromatic heterocycles. The smallest absolute Gasteiger partial charge is 0.0623 e. The zero-order valence-electron chi connectivity index (χ0n) is 19.0. The zero-order valence-corrected chi connectivity index (χ0v) is 20.0. The lowest BCUT2D eigenvalue weighted by molar-refractivity contribution is 1.49. The normalized spacial score (nSPS) is 17.1. The fourth-order valence-corrected chi connectivity index (χ4v) is 12.7. The molecule has 0 fully saturated rings. The van der Waals surface area contributed by atoms with Crippen molar-refractivity contribution in [2.45, 2.75) is 6.92 Å². The maximum Gasteiger partial charge on any atom is 0.182 e. The Labute approximate surface area is 200 Å². The van der Waals surface area contributed by atoms with Crippen LogP contribution in [-0.2, 0) is 0 Å². The molecular weight excluding hydrogens is 424 g/mol. The van der Waals surface area contributed by atoms with Gasteiger partial charge in [0.15, 0.2) is 8.07 Å². The first kappa shape index (κ1) is 18.5. The summed E-state index contributed by atoms with van der Waals surface area (Å²) in [6, 6.07) is 43.8. The summed E-state index contributed by atoms with van der Waals surface area (Å²) in [7, 11) is -2.46. The van der Waals surface area contributed by atoms with Crippen LogP contribution in [0, 0.1) is 6.92 Å². The first-order valence-corrected chi connectivity index (χ1v) is 14.0. The van der Waals surface area contributed by atoms with Crippen molar-refractivity contribution in [2.75, 3.05) is 0 Å². The van der Waals surface area contributed by atoms with Crippen LogP contribution in [-0.4, -0.2) is 8.07 Å². The van der Waals surface area contributed by atoms with E-state index in [1.807, 2.05) is 0 Å². The number of hydrogen-bond donors (Lipinski definition) is 0. The second kappa shape index (κ2) is 6.34. The van der Waals surface area contributed by atoms with Gasteiger partial charge in [0.05, 0.1) is 0 Å². The van der Waals surface area contributed by atoms with Gasteiger partial charge in [-0.1, -0.05) is 121 Å². The zero-order chi connectivity index (χ0) is 22.4. The third-order valence-electron chi connectivity index (χ3n) is 8.11. The molecule has 34 heavy (non-hydrogen) atoms. The number of hydrogen-bond acceptors (Lipinski definition) is 0. The molecule has 0 aliphatic carbocycles. The predicted octanol–water partition coefficient (Wildman–Crippen LogP) is 5.64. The molecule has 2 aliphatic rings. The van der Waals surface area contributed by atoms with Crippen molar-refractivity contribution in [1.29, 1.82) is 0 Å². The topological polar surface area (TPSA) is 0 Å². The molecule has 158 valence electrons. The summed E-state index contributed by atoms with van der Waals surface area (Å²) in [6.07, 6.45) is 0. The SMILES string of the molecule is Cc1ccc2c(c1)-c1ccccc1[Si]21c2ccccc2-c2c1c1ccccc1c1ccccc21. The first-order valence-electron chi connectivity index (χ1n) is 12.0. The highest BCUT2D eigenvalue weighted by atomic mass is 28.3. The Morgan fingerprint density at radius 3 is 1.74 bits per heavy atom. The van der Waals surface area contributed by atoms with Crippen LogP contribution in [0.3, 0.4) is 0 Å². The van der Waals surface area contributed by atoms with Gasteiger partial charge in [-0.25, -0.2) is 0 Å². The molecule has 1 heteroatoms. The summed E-state index contributed by atoms with van der Waals surface area (Å²) >= 11 is 0. The van der Waals surface area contributed by atoms with Gasteiger partial charge in [-0.15, -0.1) is 0 Å². The second-order valence-electron chi connectivity index (χ2n) is 9.73. The summed E-state index contributed by atoms with van der Waals surface area (Å²) in [5, 5.41) is 11.7. The molecule has 6 aromatic carbocycles. The van der Waals surface area contributed by atoms with Crippen molar-refractivity contribution in [3.8, 4) is 22.3 Å². The summed E-state index contributed by atoms with van der Waals surface area (Å²) < 4.78 is 0. The first-order chi connectivity index (χ1) is 16.8. The fourth-order valence-electron chi connectivity index (χ4n) is 6.93. The van der Waals surface area contributed by atoms with Crippen LogP contribution >= 0.6 is 0 Å². The highest BCUT2D eigenvalue weighted by Gasteiger charge is 2.55. The van der Waals surface area contributed by atoms with E-state index in [0.29, 0.717) is 0 Å². The van der Waals surface area contributed by atoms with E-state index in [9.17, 15) is 0 Å². The highest BCUT2D eigenvalue weighted by molar-refractivity contribution is 7.25. The van der Waals surface area contributed by atoms with Crippen molar-refractivity contribution >= 4 is 50.4 Å². The molecule has 0 N–H and O–H groups in total. The van der Waals surface area contributed by atoms with E-state index in [0.717, 1.165) is 0 Å². The lowest BCUT2D eigenvalue weighted by Crippen LogP contribution is -2.70. The number of aryl methyl sites for hydroxylation is 1. The van der Waals surface area contributed by atoms with Crippen LogP contribution < -0.4 is 20.7 Å². The predicted molar refractivity (Wildman–Crippen MR) is 148 cm³/mol. The van der Waals surface area contributed by atoms with E-state index in [4.69, 9.17) is 0 Å². The Kier molecular flexibility index (Phi) is 3.45. The lowest BCUT2D eigenvalue weighted by Gasteiger charge is -2.29. The maximum absolute atomic E-state index is 2.46. The minimum atomic E-state index is -2.46. The van der Waals surface area contributed by atoms with Gasteiger partial charge < -0.3 is 0 Å². The Morgan fingerprint density at radius 1 is 0.441 bits per heavy atom. The molecule has 0 saturated carbocycles. The summed E-state index contributed by atoms with van der Waals surface area (Å²) in [4.78, 5) is 0. The standard InChI is InChI=1S/C33H22Si/c1-21-18-19-31-28(20-21)24-12-6-8-16-29(24)34(31)30-17-9-7-15-27(30)32-25-13-4-2-10-22(25)23-11-3-5-14-26(23)33(32)34/h2-20H,1H3. The van der Waals surface area contributed by atoms with Gasteiger partial charge in [-0.3, -0.25) is 0 Å². The molecule has 0 saturated heterocycles. The van der Waals surface area contributed by atoms with E-state index < -0.39 is 8.07 Å². The van der Waals surface area contributed by atoms with Crippen LogP contribution in [0.2, 0.25) is 0 Å². The highest BCUT2D eigenvalue weighted by Crippen LogP contribution is 2.42. The second-order valence-corrected chi connectivity index (χ2v) is 13.3. The average Bonchev–Trinajstić information content (AvgIpc) is 3.36. The van der Waals surface area contributed by atoms with Crippen molar-refractivity contribution in [2.24, 2.45) is 0 Å². The molecular formula is C33H22Si. The number of fused-ring (bicyclic) bond motifs is 15. The van der Waals surface area contributed by atoms with E-state index in [1.165, 1.54) is 49.4 Å². The van der Waals surface area contributed by atoms with E-state index in [-0.39, 0.29) is 0 Å². The molecule has 1 spiro atoms. The third-order valence-corrected chi connectivity index (χ3v) is 13.1. The molecule has 2 heterocycles. The van der Waals surface area contributed by atoms with Crippen LogP contribution in [0.15, 0.2) is 115 Å². The van der Waals surface area contributed by atoms with Gasteiger partial charge >= 0.3 is 0 Å². The summed E-state index contributed by atoms with van der Waals surface area (Å²) in [5.74, 6) is 0. The van der Waals surface area contributed by atoms with Gasteiger partial charge in [0.25, 0.3) is 0 Å². The lowest BCUT2D eigenvalue weighted by atomic mass is 9.93. The fraction of sp³-hybridized carbons (Fsp3) is 0.0303. The van der Waals surface area contributed by atoms with Gasteiger partial charge in [0, 0.05) is 0 Å². The van der Waals surface area contributed by atoms with Crippen LogP contribution in [0.25, 0.3) is 43.8 Å². The van der Waals surface area contributed by atoms with Crippen molar-refractivity contribution in [3.63, 3.8) is 0 Å². The molecule has 0 amide bonds. The summed E-state index contributed by atoms with van der Waals surface area (Å²) in [6.45, 7) is 2.22. The van der Waals surface area contributed by atoms with Gasteiger partial charge in [-0.05, 0) is 71.5 Å². The van der Waals surface area contributed by atoms with Crippen molar-refractivity contribution in [1.82, 2.24) is 0 Å². The van der Waals surface area contributed by atoms with Crippen LogP contribution in [0.1, 0.15) is 5.56 Å². The van der Waals surface area contributed by atoms with Gasteiger partial charge in [-0.2, -0.15) is 0 Å². The Balaban J connectivity index is 1.71. The average molecular weight is 447 g/mol. The Bertz CT molecular complexity index is 1830. The quantitative estimate of drug-likeness (QED) is 0.209. The molecule has 0 radical (unpaired) electrons. The minimum absolute atomic E-state index is 1.33. The van der Waals surface area contributed by atoms with Crippen molar-refractivity contribution < 1.29 is 0 Å². The molecule has 0 bridgehead atoms. The maximum atomic E-state index is 2.45. The molecule has 2 aliphatic heterocycles. The summed E-state index contributed by atoms with van der Waals surface area (Å²) in [5.41, 5.74) is 7.07. The van der Waals surface area contributed by atoms with Crippen LogP contribution in [0.4, 0.5) is 0 Å². The van der Waals surface area contributed by atoms with E-state index in [2.05, 4.69) is 122 Å². The minimum Gasteiger partial charge on any atom is -0.0623 e. The van der Waals surface area contributed by atoms with E-state index >= 15 is 0 Å². The molecule has 1 unspecified atom stereocenters. The van der Waals surface area contributed by atoms with Gasteiger partial charge in [0.2, 0.25) is 0 Å². The molecule has 0 nitrogen and oxygen atoms in total. The van der Waals surface area contributed by atoms with E-state index in [1.54, 1.807) is 20.7 Å². The Hall–Kier alpha value is -3.94.